The first kappa shape index (κ1) is 18.2. The van der Waals surface area contributed by atoms with Crippen molar-refractivity contribution in [1.82, 2.24) is 4.98 Å². The number of nitrogens with zero attached hydrogens (tertiary/aromatic N) is 1. The van der Waals surface area contributed by atoms with Crippen LogP contribution in [0.4, 0.5) is 11.4 Å². The molecule has 3 rings (SSSR count). The van der Waals surface area contributed by atoms with E-state index in [0.29, 0.717) is 21.3 Å². The Morgan fingerprint density at radius 1 is 1.00 bits per heavy atom. The molecule has 132 valence electrons. The van der Waals surface area contributed by atoms with Crippen molar-refractivity contribution in [2.24, 2.45) is 0 Å². The molecule has 0 saturated heterocycles. The highest BCUT2D eigenvalue weighted by Gasteiger charge is 2.11. The van der Waals surface area contributed by atoms with Gasteiger partial charge < -0.3 is 10.6 Å². The van der Waals surface area contributed by atoms with Crippen LogP contribution < -0.4 is 10.6 Å². The second kappa shape index (κ2) is 8.70. The minimum absolute atomic E-state index is 0.298. The topological polar surface area (TPSA) is 54.0 Å². The molecule has 1 aromatic heterocycles. The molecule has 0 spiro atoms. The largest absolute Gasteiger partial charge is 0.383 e. The number of carbonyl (C=O) groups excluding carboxylic acids is 1. The van der Waals surface area contributed by atoms with Gasteiger partial charge in [-0.1, -0.05) is 59.6 Å². The Hall–Kier alpha value is -2.56. The molecule has 0 fully saturated rings. The van der Waals surface area contributed by atoms with Crippen LogP contribution in [0.2, 0.25) is 10.0 Å². The predicted molar refractivity (Wildman–Crippen MR) is 107 cm³/mol. The summed E-state index contributed by atoms with van der Waals surface area (Å²) in [6.07, 6.45) is 4.08. The molecule has 2 aromatic carbocycles. The Balaban J connectivity index is 1.63. The number of halogens is 2. The summed E-state index contributed by atoms with van der Waals surface area (Å²) in [6.45, 7) is 0.747. The van der Waals surface area contributed by atoms with Crippen molar-refractivity contribution in [3.8, 4) is 0 Å². The van der Waals surface area contributed by atoms with Crippen LogP contribution >= 0.6 is 23.2 Å². The molecule has 0 aliphatic rings. The molecule has 0 atom stereocenters. The number of anilines is 2. The number of nitrogens with one attached hydrogen (secondary N) is 2. The minimum atomic E-state index is -0.298. The number of pyridine rings is 1. The van der Waals surface area contributed by atoms with Crippen molar-refractivity contribution in [3.63, 3.8) is 0 Å². The maximum Gasteiger partial charge on any atom is 0.257 e. The average molecular weight is 386 g/mol. The second-order valence-electron chi connectivity index (χ2n) is 5.68. The van der Waals surface area contributed by atoms with Gasteiger partial charge in [0.2, 0.25) is 0 Å². The molecule has 0 aliphatic carbocycles. The molecule has 0 radical (unpaired) electrons. The molecule has 6 heteroatoms. The van der Waals surface area contributed by atoms with Gasteiger partial charge in [-0.15, -0.1) is 0 Å². The molecular formula is C20H17Cl2N3O. The summed E-state index contributed by atoms with van der Waals surface area (Å²) < 4.78 is 0. The number of hydrogen-bond acceptors (Lipinski definition) is 3. The van der Waals surface area contributed by atoms with Crippen LogP contribution in [0, 0.1) is 0 Å². The fourth-order valence-electron chi connectivity index (χ4n) is 2.45. The number of benzene rings is 2. The molecule has 0 unspecified atom stereocenters. The molecular weight excluding hydrogens is 369 g/mol. The number of hydrogen-bond donors (Lipinski definition) is 2. The molecule has 2 N–H and O–H groups in total. The lowest BCUT2D eigenvalue weighted by Crippen LogP contribution is -2.13. The summed E-state index contributed by atoms with van der Waals surface area (Å²) in [5.74, 6) is -0.298. The van der Waals surface area contributed by atoms with Crippen LogP contribution in [0.1, 0.15) is 15.9 Å². The van der Waals surface area contributed by atoms with Crippen LogP contribution in [0.15, 0.2) is 67.0 Å². The highest BCUT2D eigenvalue weighted by atomic mass is 35.5. The number of aromatic nitrogens is 1. The van der Waals surface area contributed by atoms with Gasteiger partial charge in [-0.2, -0.15) is 0 Å². The maximum atomic E-state index is 12.4. The molecule has 3 aromatic rings. The van der Waals surface area contributed by atoms with Crippen LogP contribution in [0.25, 0.3) is 0 Å². The molecule has 4 nitrogen and oxygen atoms in total. The van der Waals surface area contributed by atoms with Crippen molar-refractivity contribution in [2.75, 3.05) is 17.2 Å². The standard InChI is InChI=1S/C20H17Cl2N3O/c21-17-7-4-8-18(19(17)22)25-20(26)15-11-16(13-23-12-15)24-10-9-14-5-2-1-3-6-14/h1-8,11-13,24H,9-10H2,(H,25,26). The Kier molecular flexibility index (Phi) is 6.10. The summed E-state index contributed by atoms with van der Waals surface area (Å²) >= 11 is 12.1. The fourth-order valence-corrected chi connectivity index (χ4v) is 2.80. The van der Waals surface area contributed by atoms with Crippen LogP contribution in [0.3, 0.4) is 0 Å². The third kappa shape index (κ3) is 4.75. The molecule has 1 amide bonds. The monoisotopic (exact) mass is 385 g/mol. The summed E-state index contributed by atoms with van der Waals surface area (Å²) in [5, 5.41) is 6.74. The highest BCUT2D eigenvalue weighted by molar-refractivity contribution is 6.44. The van der Waals surface area contributed by atoms with E-state index in [4.69, 9.17) is 23.2 Å². The molecule has 0 saturated carbocycles. The zero-order chi connectivity index (χ0) is 18.4. The van der Waals surface area contributed by atoms with Crippen molar-refractivity contribution < 1.29 is 4.79 Å². The summed E-state index contributed by atoms with van der Waals surface area (Å²) in [7, 11) is 0. The van der Waals surface area contributed by atoms with Gasteiger partial charge in [0.05, 0.1) is 27.0 Å². The lowest BCUT2D eigenvalue weighted by Gasteiger charge is -2.10. The zero-order valence-electron chi connectivity index (χ0n) is 13.9. The number of amides is 1. The Morgan fingerprint density at radius 2 is 1.81 bits per heavy atom. The third-order valence-corrected chi connectivity index (χ3v) is 4.60. The van der Waals surface area contributed by atoms with E-state index in [1.807, 2.05) is 18.2 Å². The SMILES string of the molecule is O=C(Nc1cccc(Cl)c1Cl)c1cncc(NCCc2ccccc2)c1. The van der Waals surface area contributed by atoms with Gasteiger partial charge in [-0.05, 0) is 30.2 Å². The van der Waals surface area contributed by atoms with Gasteiger partial charge >= 0.3 is 0 Å². The van der Waals surface area contributed by atoms with Crippen LogP contribution in [-0.2, 0) is 6.42 Å². The van der Waals surface area contributed by atoms with E-state index in [-0.39, 0.29) is 5.91 Å². The number of carbonyl (C=O) groups is 1. The minimum Gasteiger partial charge on any atom is -0.383 e. The van der Waals surface area contributed by atoms with E-state index in [0.717, 1.165) is 18.7 Å². The Labute approximate surface area is 162 Å². The van der Waals surface area contributed by atoms with E-state index >= 15 is 0 Å². The van der Waals surface area contributed by atoms with Crippen LogP contribution in [-0.4, -0.2) is 17.4 Å². The first-order chi connectivity index (χ1) is 12.6. The van der Waals surface area contributed by atoms with Crippen molar-refractivity contribution in [1.29, 1.82) is 0 Å². The lowest BCUT2D eigenvalue weighted by molar-refractivity contribution is 0.102. The van der Waals surface area contributed by atoms with E-state index in [9.17, 15) is 4.79 Å². The van der Waals surface area contributed by atoms with Crippen molar-refractivity contribution in [2.45, 2.75) is 6.42 Å². The smallest absolute Gasteiger partial charge is 0.257 e. The Morgan fingerprint density at radius 3 is 2.62 bits per heavy atom. The first-order valence-corrected chi connectivity index (χ1v) is 8.87. The van der Waals surface area contributed by atoms with E-state index < -0.39 is 0 Å². The normalized spacial score (nSPS) is 10.4. The average Bonchev–Trinajstić information content (AvgIpc) is 2.66. The summed E-state index contributed by atoms with van der Waals surface area (Å²) in [6, 6.07) is 17.0. The maximum absolute atomic E-state index is 12.4. The second-order valence-corrected chi connectivity index (χ2v) is 6.47. The molecule has 0 aliphatic heterocycles. The van der Waals surface area contributed by atoms with Gasteiger partial charge in [-0.3, -0.25) is 9.78 Å². The molecule has 26 heavy (non-hydrogen) atoms. The highest BCUT2D eigenvalue weighted by Crippen LogP contribution is 2.29. The molecule has 1 heterocycles. The van der Waals surface area contributed by atoms with Crippen LogP contribution in [0.5, 0.6) is 0 Å². The Bertz CT molecular complexity index is 901. The van der Waals surface area contributed by atoms with E-state index in [1.54, 1.807) is 30.5 Å². The van der Waals surface area contributed by atoms with Gasteiger partial charge in [0.1, 0.15) is 0 Å². The quantitative estimate of drug-likeness (QED) is 0.605. The van der Waals surface area contributed by atoms with Gasteiger partial charge in [0, 0.05) is 18.9 Å². The third-order valence-electron chi connectivity index (χ3n) is 3.79. The first-order valence-electron chi connectivity index (χ1n) is 8.11. The van der Waals surface area contributed by atoms with Gasteiger partial charge in [0.25, 0.3) is 5.91 Å². The van der Waals surface area contributed by atoms with Gasteiger partial charge in [-0.25, -0.2) is 0 Å². The van der Waals surface area contributed by atoms with E-state index in [2.05, 4.69) is 27.8 Å². The lowest BCUT2D eigenvalue weighted by atomic mass is 10.1. The summed E-state index contributed by atoms with van der Waals surface area (Å²) in [4.78, 5) is 16.6. The van der Waals surface area contributed by atoms with E-state index in [1.165, 1.54) is 11.8 Å². The number of rotatable bonds is 6. The van der Waals surface area contributed by atoms with Gasteiger partial charge in [0.15, 0.2) is 0 Å². The van der Waals surface area contributed by atoms with Crippen molar-refractivity contribution >= 4 is 40.5 Å². The fraction of sp³-hybridized carbons (Fsp3) is 0.100. The zero-order valence-corrected chi connectivity index (χ0v) is 15.4. The van der Waals surface area contributed by atoms with Crippen molar-refractivity contribution in [3.05, 3.63) is 88.2 Å². The summed E-state index contributed by atoms with van der Waals surface area (Å²) in [5.41, 5.74) is 2.93. The molecule has 0 bridgehead atoms. The predicted octanol–water partition coefficient (Wildman–Crippen LogP) is 5.30.